The van der Waals surface area contributed by atoms with Gasteiger partial charge in [-0.3, -0.25) is 4.79 Å². The second-order valence-corrected chi connectivity index (χ2v) is 6.22. The summed E-state index contributed by atoms with van der Waals surface area (Å²) in [6.07, 6.45) is 2.05. The van der Waals surface area contributed by atoms with Gasteiger partial charge in [0, 0.05) is 23.3 Å². The van der Waals surface area contributed by atoms with E-state index in [4.69, 9.17) is 16.3 Å². The summed E-state index contributed by atoms with van der Waals surface area (Å²) in [4.78, 5) is 20.5. The van der Waals surface area contributed by atoms with Crippen LogP contribution in [0.25, 0.3) is 0 Å². The van der Waals surface area contributed by atoms with Crippen molar-refractivity contribution in [2.45, 2.75) is 6.42 Å². The number of aromatic nitrogens is 2. The van der Waals surface area contributed by atoms with Gasteiger partial charge in [-0.25, -0.2) is 9.97 Å². The van der Waals surface area contributed by atoms with Crippen LogP contribution in [0.5, 0.6) is 5.75 Å². The predicted octanol–water partition coefficient (Wildman–Crippen LogP) is 3.85. The highest BCUT2D eigenvalue weighted by molar-refractivity contribution is 6.30. The van der Waals surface area contributed by atoms with Gasteiger partial charge in [-0.05, 0) is 42.3 Å². The van der Waals surface area contributed by atoms with Crippen molar-refractivity contribution in [3.63, 3.8) is 0 Å². The normalized spacial score (nSPS) is 10.3. The largest absolute Gasteiger partial charge is 0.497 e. The SMILES string of the molecule is COc1cccc(CCNC(=O)c2cc(Nc3cccc(Cl)c3)ncn2)c1. The maximum absolute atomic E-state index is 12.3. The van der Waals surface area contributed by atoms with Gasteiger partial charge in [0.1, 0.15) is 23.6 Å². The highest BCUT2D eigenvalue weighted by Gasteiger charge is 2.09. The fraction of sp³-hybridized carbons (Fsp3) is 0.150. The number of methoxy groups -OCH3 is 1. The smallest absolute Gasteiger partial charge is 0.270 e. The molecule has 2 aromatic carbocycles. The average Bonchev–Trinajstić information content (AvgIpc) is 2.68. The molecular formula is C20H19ClN4O2. The Kier molecular flexibility index (Phi) is 6.22. The molecule has 1 aromatic heterocycles. The van der Waals surface area contributed by atoms with Gasteiger partial charge >= 0.3 is 0 Å². The molecule has 2 N–H and O–H groups in total. The van der Waals surface area contributed by atoms with Gasteiger partial charge < -0.3 is 15.4 Å². The monoisotopic (exact) mass is 382 g/mol. The number of rotatable bonds is 7. The second kappa shape index (κ2) is 9.00. The minimum atomic E-state index is -0.255. The Morgan fingerprint density at radius 3 is 2.78 bits per heavy atom. The Labute approximate surface area is 162 Å². The summed E-state index contributed by atoms with van der Waals surface area (Å²) in [5.41, 5.74) is 2.16. The fourth-order valence-electron chi connectivity index (χ4n) is 2.50. The lowest BCUT2D eigenvalue weighted by Crippen LogP contribution is -2.26. The van der Waals surface area contributed by atoms with Gasteiger partial charge in [-0.1, -0.05) is 29.8 Å². The third kappa shape index (κ3) is 5.43. The van der Waals surface area contributed by atoms with Gasteiger partial charge in [-0.15, -0.1) is 0 Å². The topological polar surface area (TPSA) is 76.1 Å². The number of benzene rings is 2. The number of hydrogen-bond acceptors (Lipinski definition) is 5. The van der Waals surface area contributed by atoms with Crippen molar-refractivity contribution in [1.82, 2.24) is 15.3 Å². The molecule has 0 unspecified atom stereocenters. The third-order valence-corrected chi connectivity index (χ3v) is 4.07. The molecule has 138 valence electrons. The van der Waals surface area contributed by atoms with E-state index in [9.17, 15) is 4.79 Å². The summed E-state index contributed by atoms with van der Waals surface area (Å²) in [5, 5.41) is 6.59. The number of amides is 1. The van der Waals surface area contributed by atoms with Crippen LogP contribution in [-0.4, -0.2) is 29.5 Å². The molecular weight excluding hydrogens is 364 g/mol. The number of carbonyl (C=O) groups excluding carboxylic acids is 1. The molecule has 0 spiro atoms. The van der Waals surface area contributed by atoms with Gasteiger partial charge in [0.2, 0.25) is 0 Å². The van der Waals surface area contributed by atoms with Crippen molar-refractivity contribution in [2.24, 2.45) is 0 Å². The molecule has 6 nitrogen and oxygen atoms in total. The lowest BCUT2D eigenvalue weighted by Gasteiger charge is -2.08. The molecule has 0 bridgehead atoms. The van der Waals surface area contributed by atoms with Crippen molar-refractivity contribution in [1.29, 1.82) is 0 Å². The number of halogens is 1. The van der Waals surface area contributed by atoms with E-state index < -0.39 is 0 Å². The van der Waals surface area contributed by atoms with Crippen molar-refractivity contribution in [2.75, 3.05) is 19.0 Å². The summed E-state index contributed by atoms with van der Waals surface area (Å²) < 4.78 is 5.20. The molecule has 1 heterocycles. The van der Waals surface area contributed by atoms with Gasteiger partial charge in [0.25, 0.3) is 5.91 Å². The molecule has 1 amide bonds. The van der Waals surface area contributed by atoms with Gasteiger partial charge in [-0.2, -0.15) is 0 Å². The van der Waals surface area contributed by atoms with E-state index in [0.29, 0.717) is 29.5 Å². The van der Waals surface area contributed by atoms with Crippen LogP contribution in [0, 0.1) is 0 Å². The molecule has 0 radical (unpaired) electrons. The van der Waals surface area contributed by atoms with Crippen LogP contribution < -0.4 is 15.4 Å². The lowest BCUT2D eigenvalue weighted by atomic mass is 10.1. The van der Waals surface area contributed by atoms with Crippen LogP contribution in [0.3, 0.4) is 0 Å². The van der Waals surface area contributed by atoms with Crippen LogP contribution in [0.4, 0.5) is 11.5 Å². The minimum absolute atomic E-state index is 0.255. The van der Waals surface area contributed by atoms with Gasteiger partial charge in [0.15, 0.2) is 0 Å². The van der Waals surface area contributed by atoms with Crippen molar-refractivity contribution < 1.29 is 9.53 Å². The summed E-state index contributed by atoms with van der Waals surface area (Å²) in [5.74, 6) is 1.06. The average molecular weight is 383 g/mol. The molecule has 27 heavy (non-hydrogen) atoms. The zero-order valence-electron chi connectivity index (χ0n) is 14.8. The second-order valence-electron chi connectivity index (χ2n) is 5.78. The third-order valence-electron chi connectivity index (χ3n) is 3.83. The molecule has 0 saturated carbocycles. The molecule has 0 aliphatic rings. The first-order chi connectivity index (χ1) is 13.1. The van der Waals surface area contributed by atoms with Crippen LogP contribution >= 0.6 is 11.6 Å². The standard InChI is InChI=1S/C20H19ClN4O2/c1-27-17-7-2-4-14(10-17)8-9-22-20(26)18-12-19(24-13-23-18)25-16-6-3-5-15(21)11-16/h2-7,10-13H,8-9H2,1H3,(H,22,26)(H,23,24,25). The number of anilines is 2. The summed E-state index contributed by atoms with van der Waals surface area (Å²) in [7, 11) is 1.63. The number of hydrogen-bond donors (Lipinski definition) is 2. The van der Waals surface area contributed by atoms with Crippen molar-refractivity contribution >= 4 is 29.0 Å². The minimum Gasteiger partial charge on any atom is -0.497 e. The van der Waals surface area contributed by atoms with E-state index in [-0.39, 0.29) is 5.91 Å². The van der Waals surface area contributed by atoms with Crippen LogP contribution in [0.15, 0.2) is 60.9 Å². The first kappa shape index (κ1) is 18.7. The summed E-state index contributed by atoms with van der Waals surface area (Å²) >= 11 is 5.97. The van der Waals surface area contributed by atoms with Crippen LogP contribution in [0.1, 0.15) is 16.1 Å². The zero-order valence-corrected chi connectivity index (χ0v) is 15.5. The van der Waals surface area contributed by atoms with Crippen molar-refractivity contribution in [3.05, 3.63) is 77.2 Å². The molecule has 0 fully saturated rings. The number of nitrogens with one attached hydrogen (secondary N) is 2. The Morgan fingerprint density at radius 1 is 1.11 bits per heavy atom. The predicted molar refractivity (Wildman–Crippen MR) is 106 cm³/mol. The molecule has 0 atom stereocenters. The highest BCUT2D eigenvalue weighted by Crippen LogP contribution is 2.19. The Bertz CT molecular complexity index is 933. The molecule has 3 rings (SSSR count). The van der Waals surface area contributed by atoms with E-state index in [0.717, 1.165) is 17.0 Å². The van der Waals surface area contributed by atoms with E-state index in [1.54, 1.807) is 25.3 Å². The molecule has 0 saturated heterocycles. The molecule has 0 aliphatic carbocycles. The quantitative estimate of drug-likeness (QED) is 0.649. The Balaban J connectivity index is 1.58. The highest BCUT2D eigenvalue weighted by atomic mass is 35.5. The van der Waals surface area contributed by atoms with Crippen LogP contribution in [0.2, 0.25) is 5.02 Å². The number of ether oxygens (including phenoxy) is 1. The Morgan fingerprint density at radius 2 is 1.96 bits per heavy atom. The zero-order chi connectivity index (χ0) is 19.1. The lowest BCUT2D eigenvalue weighted by molar-refractivity contribution is 0.0949. The number of carbonyl (C=O) groups is 1. The molecule has 7 heteroatoms. The van der Waals surface area contributed by atoms with E-state index >= 15 is 0 Å². The molecule has 3 aromatic rings. The fourth-order valence-corrected chi connectivity index (χ4v) is 2.69. The maximum atomic E-state index is 12.3. The van der Waals surface area contributed by atoms with E-state index in [1.807, 2.05) is 36.4 Å². The summed E-state index contributed by atoms with van der Waals surface area (Å²) in [6.45, 7) is 0.493. The first-order valence-corrected chi connectivity index (χ1v) is 8.77. The number of nitrogens with zero attached hydrogens (tertiary/aromatic N) is 2. The summed E-state index contributed by atoms with van der Waals surface area (Å²) in [6, 6.07) is 16.6. The van der Waals surface area contributed by atoms with E-state index in [1.165, 1.54) is 6.33 Å². The van der Waals surface area contributed by atoms with Crippen LogP contribution in [-0.2, 0) is 6.42 Å². The van der Waals surface area contributed by atoms with Gasteiger partial charge in [0.05, 0.1) is 7.11 Å². The Hall–Kier alpha value is -3.12. The maximum Gasteiger partial charge on any atom is 0.270 e. The molecule has 0 aliphatic heterocycles. The van der Waals surface area contributed by atoms with E-state index in [2.05, 4.69) is 20.6 Å². The first-order valence-electron chi connectivity index (χ1n) is 8.40. The van der Waals surface area contributed by atoms with Crippen molar-refractivity contribution in [3.8, 4) is 5.75 Å².